The third kappa shape index (κ3) is 3.38. The van der Waals surface area contributed by atoms with Crippen LogP contribution in [0.2, 0.25) is 0 Å². The number of aromatic carboxylic acids is 1. The lowest BCUT2D eigenvalue weighted by Crippen LogP contribution is -2.16. The average Bonchev–Trinajstić information content (AvgIpc) is 2.93. The third-order valence-corrected chi connectivity index (χ3v) is 3.22. The normalized spacial score (nSPS) is 10.7. The molecular weight excluding hydrogens is 254 g/mol. The van der Waals surface area contributed by atoms with Crippen molar-refractivity contribution < 1.29 is 14.4 Å². The van der Waals surface area contributed by atoms with Gasteiger partial charge in [0.25, 0.3) is 0 Å². The van der Waals surface area contributed by atoms with Gasteiger partial charge < -0.3 is 14.9 Å². The van der Waals surface area contributed by atoms with Crippen molar-refractivity contribution in [3.05, 3.63) is 33.6 Å². The van der Waals surface area contributed by atoms with Crippen molar-refractivity contribution in [3.63, 3.8) is 0 Å². The zero-order valence-electron chi connectivity index (χ0n) is 9.84. The number of rotatable bonds is 6. The van der Waals surface area contributed by atoms with Crippen LogP contribution in [0.4, 0.5) is 0 Å². The fourth-order valence-corrected chi connectivity index (χ4v) is 2.26. The maximum atomic E-state index is 10.7. The van der Waals surface area contributed by atoms with Crippen LogP contribution >= 0.6 is 11.3 Å². The summed E-state index contributed by atoms with van der Waals surface area (Å²) >= 11 is 1.43. The Morgan fingerprint density at radius 3 is 3.06 bits per heavy atom. The molecule has 0 saturated carbocycles. The van der Waals surface area contributed by atoms with Crippen molar-refractivity contribution in [1.29, 1.82) is 0 Å². The molecule has 18 heavy (non-hydrogen) atoms. The monoisotopic (exact) mass is 267 g/mol. The highest BCUT2D eigenvalue weighted by Crippen LogP contribution is 2.14. The molecule has 0 fully saturated rings. The topological polar surface area (TPSA) is 88.2 Å². The van der Waals surface area contributed by atoms with E-state index in [9.17, 15) is 4.79 Å². The van der Waals surface area contributed by atoms with Gasteiger partial charge in [0.05, 0.1) is 5.56 Å². The molecular formula is C11H13N3O3S. The largest absolute Gasteiger partial charge is 0.478 e. The van der Waals surface area contributed by atoms with Gasteiger partial charge in [-0.2, -0.15) is 4.98 Å². The molecule has 0 spiro atoms. The molecule has 2 aromatic rings. The van der Waals surface area contributed by atoms with E-state index in [1.54, 1.807) is 18.4 Å². The Labute approximate surface area is 108 Å². The molecule has 0 atom stereocenters. The number of thiophene rings is 1. The average molecular weight is 267 g/mol. The van der Waals surface area contributed by atoms with Crippen LogP contribution in [0.1, 0.15) is 27.0 Å². The Morgan fingerprint density at radius 2 is 2.44 bits per heavy atom. The van der Waals surface area contributed by atoms with Crippen LogP contribution in [0.5, 0.6) is 0 Å². The summed E-state index contributed by atoms with van der Waals surface area (Å²) in [5, 5.41) is 17.3. The number of carbonyl (C=O) groups is 1. The van der Waals surface area contributed by atoms with E-state index in [4.69, 9.17) is 9.63 Å². The second kappa shape index (κ2) is 5.74. The summed E-state index contributed by atoms with van der Waals surface area (Å²) in [5.74, 6) is 0.352. The summed E-state index contributed by atoms with van der Waals surface area (Å²) in [4.78, 5) is 15.8. The van der Waals surface area contributed by atoms with Crippen molar-refractivity contribution >= 4 is 17.3 Å². The number of aryl methyl sites for hydroxylation is 1. The van der Waals surface area contributed by atoms with Gasteiger partial charge in [-0.3, -0.25) is 0 Å². The molecule has 2 aromatic heterocycles. The summed E-state index contributed by atoms with van der Waals surface area (Å²) in [6, 6.07) is 1.68. The molecule has 0 saturated heterocycles. The zero-order chi connectivity index (χ0) is 13.0. The predicted octanol–water partition coefficient (Wildman–Crippen LogP) is 1.47. The number of hydrogen-bond donors (Lipinski definition) is 2. The molecule has 0 unspecified atom stereocenters. The van der Waals surface area contributed by atoms with E-state index >= 15 is 0 Å². The standard InChI is InChI=1S/C11H13N3O3S/c1-7-13-10(17-14-7)2-3-12-5-9-4-8(6-18-9)11(15)16/h4,6,12H,2-3,5H2,1H3,(H,15,16). The van der Waals surface area contributed by atoms with Crippen molar-refractivity contribution in [2.24, 2.45) is 0 Å². The Morgan fingerprint density at radius 1 is 1.61 bits per heavy atom. The van der Waals surface area contributed by atoms with Crippen LogP contribution in [0.15, 0.2) is 16.0 Å². The van der Waals surface area contributed by atoms with Crippen LogP contribution in [0, 0.1) is 6.92 Å². The van der Waals surface area contributed by atoms with Crippen molar-refractivity contribution in [2.75, 3.05) is 6.54 Å². The molecule has 0 radical (unpaired) electrons. The predicted molar refractivity (Wildman–Crippen MR) is 65.7 cm³/mol. The van der Waals surface area contributed by atoms with Gasteiger partial charge in [0, 0.05) is 29.8 Å². The van der Waals surface area contributed by atoms with Crippen LogP contribution < -0.4 is 5.32 Å². The Balaban J connectivity index is 1.73. The first kappa shape index (κ1) is 12.7. The second-order valence-corrected chi connectivity index (χ2v) is 4.76. The molecule has 0 aliphatic rings. The van der Waals surface area contributed by atoms with Gasteiger partial charge in [-0.05, 0) is 13.0 Å². The number of nitrogens with one attached hydrogen (secondary N) is 1. The van der Waals surface area contributed by atoms with Crippen LogP contribution in [-0.2, 0) is 13.0 Å². The lowest BCUT2D eigenvalue weighted by Gasteiger charge is -1.99. The van der Waals surface area contributed by atoms with Gasteiger partial charge in [0.2, 0.25) is 5.89 Å². The highest BCUT2D eigenvalue weighted by molar-refractivity contribution is 7.10. The van der Waals surface area contributed by atoms with Gasteiger partial charge in [0.1, 0.15) is 0 Å². The number of hydrogen-bond acceptors (Lipinski definition) is 6. The van der Waals surface area contributed by atoms with Crippen molar-refractivity contribution in [3.8, 4) is 0 Å². The molecule has 0 bridgehead atoms. The molecule has 96 valence electrons. The smallest absolute Gasteiger partial charge is 0.336 e. The van der Waals surface area contributed by atoms with Gasteiger partial charge in [-0.1, -0.05) is 5.16 Å². The first-order valence-electron chi connectivity index (χ1n) is 5.46. The molecule has 6 nitrogen and oxygen atoms in total. The Kier molecular flexibility index (Phi) is 4.06. The minimum absolute atomic E-state index is 0.337. The number of carboxylic acid groups (broad SMARTS) is 1. The van der Waals surface area contributed by atoms with Crippen molar-refractivity contribution in [2.45, 2.75) is 19.9 Å². The van der Waals surface area contributed by atoms with E-state index in [2.05, 4.69) is 15.5 Å². The fourth-order valence-electron chi connectivity index (χ4n) is 1.43. The highest BCUT2D eigenvalue weighted by Gasteiger charge is 2.06. The van der Waals surface area contributed by atoms with Gasteiger partial charge in [-0.25, -0.2) is 4.79 Å². The van der Waals surface area contributed by atoms with E-state index < -0.39 is 5.97 Å². The van der Waals surface area contributed by atoms with Gasteiger partial charge in [0.15, 0.2) is 5.82 Å². The van der Waals surface area contributed by atoms with Crippen LogP contribution in [0.25, 0.3) is 0 Å². The lowest BCUT2D eigenvalue weighted by atomic mass is 10.3. The third-order valence-electron chi connectivity index (χ3n) is 2.29. The first-order chi connectivity index (χ1) is 8.65. The minimum Gasteiger partial charge on any atom is -0.478 e. The molecule has 7 heteroatoms. The summed E-state index contributed by atoms with van der Waals surface area (Å²) < 4.78 is 4.98. The molecule has 2 N–H and O–H groups in total. The van der Waals surface area contributed by atoms with E-state index in [0.29, 0.717) is 36.8 Å². The fraction of sp³-hybridized carbons (Fsp3) is 0.364. The van der Waals surface area contributed by atoms with E-state index in [0.717, 1.165) is 4.88 Å². The first-order valence-corrected chi connectivity index (χ1v) is 6.33. The quantitative estimate of drug-likeness (QED) is 0.770. The summed E-state index contributed by atoms with van der Waals surface area (Å²) in [5.41, 5.74) is 0.337. The number of nitrogens with zero attached hydrogens (tertiary/aromatic N) is 2. The minimum atomic E-state index is -0.890. The van der Waals surface area contributed by atoms with Crippen molar-refractivity contribution in [1.82, 2.24) is 15.5 Å². The SMILES string of the molecule is Cc1noc(CCNCc2cc(C(=O)O)cs2)n1. The highest BCUT2D eigenvalue weighted by atomic mass is 32.1. The molecule has 2 rings (SSSR count). The lowest BCUT2D eigenvalue weighted by molar-refractivity contribution is 0.0697. The number of carboxylic acids is 1. The van der Waals surface area contributed by atoms with Gasteiger partial charge >= 0.3 is 5.97 Å². The molecule has 0 aliphatic carbocycles. The molecule has 0 aromatic carbocycles. The zero-order valence-corrected chi connectivity index (χ0v) is 10.7. The maximum Gasteiger partial charge on any atom is 0.336 e. The van der Waals surface area contributed by atoms with E-state index in [1.165, 1.54) is 11.3 Å². The summed E-state index contributed by atoms with van der Waals surface area (Å²) in [7, 11) is 0. The van der Waals surface area contributed by atoms with Gasteiger partial charge in [-0.15, -0.1) is 11.3 Å². The summed E-state index contributed by atoms with van der Waals surface area (Å²) in [6.45, 7) is 3.13. The molecule has 2 heterocycles. The van der Waals surface area contributed by atoms with E-state index in [1.807, 2.05) is 0 Å². The summed E-state index contributed by atoms with van der Waals surface area (Å²) in [6.07, 6.45) is 0.665. The Hall–Kier alpha value is -1.73. The maximum absolute atomic E-state index is 10.7. The number of aromatic nitrogens is 2. The Bertz CT molecular complexity index is 535. The molecule has 0 aliphatic heterocycles. The van der Waals surface area contributed by atoms with E-state index in [-0.39, 0.29) is 0 Å². The molecule has 0 amide bonds. The van der Waals surface area contributed by atoms with Crippen LogP contribution in [-0.4, -0.2) is 27.8 Å². The second-order valence-electron chi connectivity index (χ2n) is 3.77. The van der Waals surface area contributed by atoms with Crippen LogP contribution in [0.3, 0.4) is 0 Å².